The van der Waals surface area contributed by atoms with E-state index in [1.807, 2.05) is 4.98 Å². The number of nitrogens with zero attached hydrogens (tertiary/aromatic N) is 1. The number of nitrogens with one attached hydrogen (secondary N) is 1. The molecular formula is C9H9FN2O4. The van der Waals surface area contributed by atoms with E-state index in [1.165, 1.54) is 6.20 Å². The molecule has 0 saturated carbocycles. The highest BCUT2D eigenvalue weighted by atomic mass is 19.1. The van der Waals surface area contributed by atoms with Crippen LogP contribution >= 0.6 is 0 Å². The van der Waals surface area contributed by atoms with Gasteiger partial charge in [0.1, 0.15) is 11.9 Å². The van der Waals surface area contributed by atoms with E-state index in [-0.39, 0.29) is 6.61 Å². The van der Waals surface area contributed by atoms with Crippen molar-refractivity contribution >= 4 is 0 Å². The Morgan fingerprint density at radius 1 is 1.56 bits per heavy atom. The maximum Gasteiger partial charge on any atom is 0.330 e. The number of rotatable bonds is 1. The fourth-order valence-corrected chi connectivity index (χ4v) is 1.35. The Hall–Kier alpha value is -1.73. The van der Waals surface area contributed by atoms with Crippen LogP contribution in [0.2, 0.25) is 0 Å². The van der Waals surface area contributed by atoms with Crippen LogP contribution in [0.5, 0.6) is 0 Å². The van der Waals surface area contributed by atoms with Crippen LogP contribution in [0.3, 0.4) is 0 Å². The van der Waals surface area contributed by atoms with Gasteiger partial charge in [-0.15, -0.1) is 0 Å². The monoisotopic (exact) mass is 228 g/mol. The average Bonchev–Trinajstić information content (AvgIpc) is 2.22. The molecule has 0 aromatic carbocycles. The van der Waals surface area contributed by atoms with Crippen LogP contribution in [0.15, 0.2) is 33.8 Å². The Kier molecular flexibility index (Phi) is 2.71. The number of halogens is 1. The largest absolute Gasteiger partial charge is 0.384 e. The first-order valence-corrected chi connectivity index (χ1v) is 4.56. The third-order valence-electron chi connectivity index (χ3n) is 2.17. The molecule has 0 spiro atoms. The number of aliphatic hydroxyl groups excluding tert-OH is 1. The van der Waals surface area contributed by atoms with Gasteiger partial charge in [0.2, 0.25) is 0 Å². The fraction of sp³-hybridized carbons (Fsp3) is 0.333. The number of aliphatic hydroxyl groups is 1. The number of hydrogen-bond acceptors (Lipinski definition) is 4. The third-order valence-corrected chi connectivity index (χ3v) is 2.17. The summed E-state index contributed by atoms with van der Waals surface area (Å²) >= 11 is 0. The Morgan fingerprint density at radius 3 is 2.94 bits per heavy atom. The molecular weight excluding hydrogens is 219 g/mol. The lowest BCUT2D eigenvalue weighted by Gasteiger charge is -2.23. The van der Waals surface area contributed by atoms with Crippen molar-refractivity contribution in [3.63, 3.8) is 0 Å². The van der Waals surface area contributed by atoms with E-state index >= 15 is 0 Å². The topological polar surface area (TPSA) is 84.3 Å². The summed E-state index contributed by atoms with van der Waals surface area (Å²) in [7, 11) is 0. The molecule has 1 aliphatic rings. The van der Waals surface area contributed by atoms with Gasteiger partial charge in [-0.25, -0.2) is 9.18 Å². The molecule has 2 heterocycles. The molecule has 0 fully saturated rings. The van der Waals surface area contributed by atoms with Gasteiger partial charge in [-0.05, 0) is 6.08 Å². The fourth-order valence-electron chi connectivity index (χ4n) is 1.35. The zero-order valence-electron chi connectivity index (χ0n) is 8.09. The Labute approximate surface area is 88.6 Å². The van der Waals surface area contributed by atoms with Crippen LogP contribution in [0.1, 0.15) is 6.23 Å². The van der Waals surface area contributed by atoms with Gasteiger partial charge in [-0.3, -0.25) is 14.3 Å². The van der Waals surface area contributed by atoms with Crippen LogP contribution in [-0.4, -0.2) is 27.4 Å². The van der Waals surface area contributed by atoms with E-state index in [2.05, 4.69) is 0 Å². The van der Waals surface area contributed by atoms with E-state index in [4.69, 9.17) is 9.84 Å². The van der Waals surface area contributed by atoms with Crippen molar-refractivity contribution in [1.29, 1.82) is 0 Å². The second-order valence-electron chi connectivity index (χ2n) is 3.31. The van der Waals surface area contributed by atoms with Gasteiger partial charge in [0.15, 0.2) is 6.23 Å². The summed E-state index contributed by atoms with van der Waals surface area (Å²) in [6, 6.07) is 1.13. The van der Waals surface area contributed by atoms with E-state index in [9.17, 15) is 14.0 Å². The van der Waals surface area contributed by atoms with Gasteiger partial charge in [0.05, 0.1) is 6.61 Å². The van der Waals surface area contributed by atoms with E-state index in [0.717, 1.165) is 16.7 Å². The highest BCUT2D eigenvalue weighted by molar-refractivity contribution is 5.05. The van der Waals surface area contributed by atoms with E-state index < -0.39 is 29.4 Å². The first kappa shape index (κ1) is 10.8. The standard InChI is InChI=1S/C9H9FN2O4/c10-5-3-8(16-4-6(5)13)12-2-1-7(14)11-9(12)15/h1-3,6,8,13H,4H2,(H,11,14,15)/t6-,8-/m0/s1. The highest BCUT2D eigenvalue weighted by Crippen LogP contribution is 2.20. The molecule has 0 radical (unpaired) electrons. The predicted octanol–water partition coefficient (Wildman–Crippen LogP) is -0.720. The molecule has 1 aromatic heterocycles. The minimum absolute atomic E-state index is 0.238. The summed E-state index contributed by atoms with van der Waals surface area (Å²) in [4.78, 5) is 24.2. The van der Waals surface area contributed by atoms with Crippen LogP contribution in [0.4, 0.5) is 4.39 Å². The smallest absolute Gasteiger partial charge is 0.330 e. The lowest BCUT2D eigenvalue weighted by molar-refractivity contribution is -0.0346. The van der Waals surface area contributed by atoms with Gasteiger partial charge in [-0.1, -0.05) is 0 Å². The molecule has 2 N–H and O–H groups in total. The molecule has 0 unspecified atom stereocenters. The van der Waals surface area contributed by atoms with Crippen molar-refractivity contribution in [2.24, 2.45) is 0 Å². The Balaban J connectivity index is 2.39. The molecule has 0 bridgehead atoms. The zero-order valence-corrected chi connectivity index (χ0v) is 8.09. The summed E-state index contributed by atoms with van der Waals surface area (Å²) in [6.07, 6.45) is -0.0660. The molecule has 86 valence electrons. The number of ether oxygens (including phenoxy) is 1. The van der Waals surface area contributed by atoms with Gasteiger partial charge >= 0.3 is 5.69 Å². The Bertz CT molecular complexity index is 533. The van der Waals surface area contributed by atoms with Gasteiger partial charge in [0.25, 0.3) is 5.56 Å². The van der Waals surface area contributed by atoms with E-state index in [0.29, 0.717) is 0 Å². The van der Waals surface area contributed by atoms with Crippen molar-refractivity contribution in [1.82, 2.24) is 9.55 Å². The molecule has 7 heteroatoms. The number of H-pyrrole nitrogens is 1. The summed E-state index contributed by atoms with van der Waals surface area (Å²) in [5.74, 6) is -0.755. The molecule has 6 nitrogen and oxygen atoms in total. The highest BCUT2D eigenvalue weighted by Gasteiger charge is 2.23. The van der Waals surface area contributed by atoms with Gasteiger partial charge in [-0.2, -0.15) is 0 Å². The molecule has 2 rings (SSSR count). The minimum atomic E-state index is -1.30. The third kappa shape index (κ3) is 1.95. The Morgan fingerprint density at radius 2 is 2.31 bits per heavy atom. The second-order valence-corrected chi connectivity index (χ2v) is 3.31. The summed E-state index contributed by atoms with van der Waals surface area (Å²) in [5.41, 5.74) is -1.24. The molecule has 0 amide bonds. The first-order chi connectivity index (χ1) is 7.58. The predicted molar refractivity (Wildman–Crippen MR) is 51.5 cm³/mol. The molecule has 1 aliphatic heterocycles. The first-order valence-electron chi connectivity index (χ1n) is 4.56. The number of hydrogen-bond donors (Lipinski definition) is 2. The van der Waals surface area contributed by atoms with E-state index in [1.54, 1.807) is 0 Å². The normalized spacial score (nSPS) is 25.2. The van der Waals surface area contributed by atoms with Crippen LogP contribution in [0, 0.1) is 0 Å². The molecule has 0 saturated heterocycles. The lowest BCUT2D eigenvalue weighted by atomic mass is 10.2. The summed E-state index contributed by atoms with van der Waals surface area (Å²) < 4.78 is 19.1. The number of aromatic amines is 1. The quantitative estimate of drug-likeness (QED) is 0.664. The maximum absolute atomic E-state index is 13.1. The average molecular weight is 228 g/mol. The lowest BCUT2D eigenvalue weighted by Crippen LogP contribution is -2.35. The van der Waals surface area contributed by atoms with Gasteiger partial charge in [0, 0.05) is 12.3 Å². The van der Waals surface area contributed by atoms with Crippen LogP contribution in [0.25, 0.3) is 0 Å². The number of aromatic nitrogens is 2. The van der Waals surface area contributed by atoms with Crippen molar-refractivity contribution in [2.45, 2.75) is 12.3 Å². The molecule has 2 atom stereocenters. The van der Waals surface area contributed by atoms with Crippen LogP contribution in [-0.2, 0) is 4.74 Å². The SMILES string of the molecule is O=c1ccn([C@@H]2C=C(F)[C@@H](O)CO2)c(=O)[nH]1. The van der Waals surface area contributed by atoms with Crippen molar-refractivity contribution < 1.29 is 14.2 Å². The van der Waals surface area contributed by atoms with Crippen molar-refractivity contribution in [3.8, 4) is 0 Å². The van der Waals surface area contributed by atoms with Crippen molar-refractivity contribution in [2.75, 3.05) is 6.61 Å². The van der Waals surface area contributed by atoms with Crippen LogP contribution < -0.4 is 11.2 Å². The summed E-state index contributed by atoms with van der Waals surface area (Å²) in [6.45, 7) is -0.238. The maximum atomic E-state index is 13.1. The van der Waals surface area contributed by atoms with Crippen molar-refractivity contribution in [3.05, 3.63) is 45.0 Å². The summed E-state index contributed by atoms with van der Waals surface area (Å²) in [5, 5.41) is 9.04. The van der Waals surface area contributed by atoms with Gasteiger partial charge < -0.3 is 9.84 Å². The minimum Gasteiger partial charge on any atom is -0.384 e. The molecule has 1 aromatic rings. The molecule has 0 aliphatic carbocycles. The zero-order chi connectivity index (χ0) is 11.7. The second kappa shape index (κ2) is 4.03. The molecule has 16 heavy (non-hydrogen) atoms.